The molecule has 1 aromatic rings. The Kier molecular flexibility index (Phi) is 6.04. The number of amides is 1. The third-order valence-corrected chi connectivity index (χ3v) is 3.80. The first-order valence-electron chi connectivity index (χ1n) is 6.29. The van der Waals surface area contributed by atoms with Crippen LogP contribution in [-0.4, -0.2) is 41.0 Å². The van der Waals surface area contributed by atoms with Gasteiger partial charge in [-0.15, -0.1) is 24.8 Å². The van der Waals surface area contributed by atoms with Crippen molar-refractivity contribution in [1.29, 1.82) is 0 Å². The molecule has 106 valence electrons. The highest BCUT2D eigenvalue weighted by Gasteiger charge is 2.38. The van der Waals surface area contributed by atoms with Crippen LogP contribution >= 0.6 is 24.8 Å². The molecule has 2 unspecified atom stereocenters. The van der Waals surface area contributed by atoms with Crippen LogP contribution in [0.2, 0.25) is 0 Å². The standard InChI is InChI=1S/C13H17N3O.2ClH/c17-13(10-2-1-6-14-8-10)16-11-3-4-12(16)9-15-7-5-11;;/h1-2,6,8,11-12,15H,3-5,7,9H2;2*1H. The zero-order chi connectivity index (χ0) is 11.7. The highest BCUT2D eigenvalue weighted by Crippen LogP contribution is 2.29. The van der Waals surface area contributed by atoms with E-state index in [2.05, 4.69) is 15.2 Å². The topological polar surface area (TPSA) is 45.2 Å². The van der Waals surface area contributed by atoms with Crippen LogP contribution in [0.1, 0.15) is 29.6 Å². The molecule has 1 N–H and O–H groups in total. The number of rotatable bonds is 1. The van der Waals surface area contributed by atoms with Crippen molar-refractivity contribution in [3.63, 3.8) is 0 Å². The fourth-order valence-electron chi connectivity index (χ4n) is 2.95. The molecule has 2 fully saturated rings. The van der Waals surface area contributed by atoms with Crippen LogP contribution in [0.25, 0.3) is 0 Å². The summed E-state index contributed by atoms with van der Waals surface area (Å²) >= 11 is 0. The average molecular weight is 304 g/mol. The Morgan fingerprint density at radius 2 is 2.05 bits per heavy atom. The predicted molar refractivity (Wildman–Crippen MR) is 79.2 cm³/mol. The lowest BCUT2D eigenvalue weighted by atomic mass is 10.1. The first-order chi connectivity index (χ1) is 8.36. The van der Waals surface area contributed by atoms with Gasteiger partial charge in [-0.25, -0.2) is 0 Å². The van der Waals surface area contributed by atoms with Gasteiger partial charge in [0.1, 0.15) is 0 Å². The second-order valence-electron chi connectivity index (χ2n) is 4.83. The monoisotopic (exact) mass is 303 g/mol. The number of pyridine rings is 1. The number of fused-ring (bicyclic) bond motifs is 2. The fourth-order valence-corrected chi connectivity index (χ4v) is 2.95. The molecule has 0 aromatic carbocycles. The Labute approximate surface area is 125 Å². The molecule has 3 rings (SSSR count). The number of carbonyl (C=O) groups is 1. The van der Waals surface area contributed by atoms with Crippen molar-refractivity contribution in [3.05, 3.63) is 30.1 Å². The average Bonchev–Trinajstić information content (AvgIpc) is 2.63. The molecule has 0 radical (unpaired) electrons. The highest BCUT2D eigenvalue weighted by atomic mass is 35.5. The maximum absolute atomic E-state index is 12.5. The van der Waals surface area contributed by atoms with E-state index in [4.69, 9.17) is 0 Å². The molecule has 0 spiro atoms. The van der Waals surface area contributed by atoms with Gasteiger partial charge in [-0.3, -0.25) is 9.78 Å². The maximum atomic E-state index is 12.5. The van der Waals surface area contributed by atoms with Gasteiger partial charge in [0, 0.05) is 31.0 Å². The van der Waals surface area contributed by atoms with Crippen LogP contribution in [0.3, 0.4) is 0 Å². The van der Waals surface area contributed by atoms with Gasteiger partial charge in [-0.1, -0.05) is 0 Å². The molecule has 3 heterocycles. The zero-order valence-corrected chi connectivity index (χ0v) is 12.3. The van der Waals surface area contributed by atoms with Gasteiger partial charge in [0.25, 0.3) is 5.91 Å². The quantitative estimate of drug-likeness (QED) is 0.862. The molecular weight excluding hydrogens is 285 g/mol. The van der Waals surface area contributed by atoms with Crippen LogP contribution < -0.4 is 5.32 Å². The van der Waals surface area contributed by atoms with Crippen LogP contribution in [0.4, 0.5) is 0 Å². The van der Waals surface area contributed by atoms with Gasteiger partial charge in [-0.2, -0.15) is 0 Å². The molecule has 2 bridgehead atoms. The van der Waals surface area contributed by atoms with E-state index < -0.39 is 0 Å². The summed E-state index contributed by atoms with van der Waals surface area (Å²) in [5.74, 6) is 0.148. The third kappa shape index (κ3) is 3.19. The predicted octanol–water partition coefficient (Wildman–Crippen LogP) is 1.89. The first kappa shape index (κ1) is 16.2. The number of nitrogens with zero attached hydrogens (tertiary/aromatic N) is 2. The van der Waals surface area contributed by atoms with Crippen LogP contribution in [0.5, 0.6) is 0 Å². The minimum absolute atomic E-state index is 0. The van der Waals surface area contributed by atoms with Crippen molar-refractivity contribution < 1.29 is 4.79 Å². The number of aromatic nitrogens is 1. The SMILES string of the molecule is Cl.Cl.O=C(c1cccnc1)N1C2CCNCC1CC2. The Hall–Kier alpha value is -0.840. The summed E-state index contributed by atoms with van der Waals surface area (Å²) in [6.07, 6.45) is 6.72. The number of halogens is 2. The summed E-state index contributed by atoms with van der Waals surface area (Å²) in [6, 6.07) is 4.47. The van der Waals surface area contributed by atoms with E-state index in [1.807, 2.05) is 12.1 Å². The van der Waals surface area contributed by atoms with E-state index in [1.165, 1.54) is 0 Å². The summed E-state index contributed by atoms with van der Waals surface area (Å²) in [6.45, 7) is 1.96. The summed E-state index contributed by atoms with van der Waals surface area (Å²) in [5.41, 5.74) is 0.714. The fraction of sp³-hybridized carbons (Fsp3) is 0.538. The molecule has 0 aliphatic carbocycles. The van der Waals surface area contributed by atoms with Crippen molar-refractivity contribution in [2.24, 2.45) is 0 Å². The Morgan fingerprint density at radius 1 is 1.26 bits per heavy atom. The molecule has 0 saturated carbocycles. The maximum Gasteiger partial charge on any atom is 0.255 e. The Morgan fingerprint density at radius 3 is 2.79 bits per heavy atom. The normalized spacial score (nSPS) is 24.9. The molecule has 4 nitrogen and oxygen atoms in total. The lowest BCUT2D eigenvalue weighted by molar-refractivity contribution is 0.0680. The summed E-state index contributed by atoms with van der Waals surface area (Å²) < 4.78 is 0. The first-order valence-corrected chi connectivity index (χ1v) is 6.29. The third-order valence-electron chi connectivity index (χ3n) is 3.80. The molecule has 2 aliphatic heterocycles. The van der Waals surface area contributed by atoms with E-state index in [1.54, 1.807) is 12.4 Å². The number of nitrogens with one attached hydrogen (secondary N) is 1. The van der Waals surface area contributed by atoms with Gasteiger partial charge in [0.05, 0.1) is 5.56 Å². The van der Waals surface area contributed by atoms with Crippen molar-refractivity contribution in [3.8, 4) is 0 Å². The number of hydrogen-bond donors (Lipinski definition) is 1. The van der Waals surface area contributed by atoms with Gasteiger partial charge >= 0.3 is 0 Å². The lowest BCUT2D eigenvalue weighted by Crippen LogP contribution is -2.42. The summed E-state index contributed by atoms with van der Waals surface area (Å²) in [5, 5.41) is 3.41. The van der Waals surface area contributed by atoms with Gasteiger partial charge < -0.3 is 10.2 Å². The Balaban J connectivity index is 0.000000902. The molecule has 2 saturated heterocycles. The van der Waals surface area contributed by atoms with Crippen LogP contribution in [-0.2, 0) is 0 Å². The van der Waals surface area contributed by atoms with Gasteiger partial charge in [0.15, 0.2) is 0 Å². The molecule has 2 aliphatic rings. The van der Waals surface area contributed by atoms with E-state index in [9.17, 15) is 4.79 Å². The number of hydrogen-bond acceptors (Lipinski definition) is 3. The minimum Gasteiger partial charge on any atom is -0.331 e. The molecule has 1 aromatic heterocycles. The highest BCUT2D eigenvalue weighted by molar-refractivity contribution is 5.94. The lowest BCUT2D eigenvalue weighted by Gasteiger charge is -2.27. The van der Waals surface area contributed by atoms with Crippen LogP contribution in [0, 0.1) is 0 Å². The zero-order valence-electron chi connectivity index (χ0n) is 10.6. The van der Waals surface area contributed by atoms with Gasteiger partial charge in [0.2, 0.25) is 0 Å². The van der Waals surface area contributed by atoms with Crippen molar-refractivity contribution >= 4 is 30.7 Å². The molecule has 1 amide bonds. The number of carbonyl (C=O) groups excluding carboxylic acids is 1. The summed E-state index contributed by atoms with van der Waals surface area (Å²) in [4.78, 5) is 18.6. The second kappa shape index (κ2) is 7.08. The van der Waals surface area contributed by atoms with Crippen molar-refractivity contribution in [1.82, 2.24) is 15.2 Å². The van der Waals surface area contributed by atoms with E-state index in [0.717, 1.165) is 32.4 Å². The minimum atomic E-state index is 0. The van der Waals surface area contributed by atoms with Crippen LogP contribution in [0.15, 0.2) is 24.5 Å². The summed E-state index contributed by atoms with van der Waals surface area (Å²) in [7, 11) is 0. The largest absolute Gasteiger partial charge is 0.331 e. The van der Waals surface area contributed by atoms with E-state index in [0.29, 0.717) is 17.6 Å². The van der Waals surface area contributed by atoms with E-state index in [-0.39, 0.29) is 30.7 Å². The van der Waals surface area contributed by atoms with Gasteiger partial charge in [-0.05, 0) is 37.9 Å². The Bertz CT molecular complexity index is 402. The van der Waals surface area contributed by atoms with Crippen molar-refractivity contribution in [2.75, 3.05) is 13.1 Å². The molecule has 6 heteroatoms. The smallest absolute Gasteiger partial charge is 0.255 e. The molecular formula is C13H19Cl2N3O. The second-order valence-corrected chi connectivity index (χ2v) is 4.83. The van der Waals surface area contributed by atoms with Crippen molar-refractivity contribution in [2.45, 2.75) is 31.3 Å². The van der Waals surface area contributed by atoms with E-state index >= 15 is 0 Å². The molecule has 2 atom stereocenters. The molecule has 19 heavy (non-hydrogen) atoms.